The Bertz CT molecular complexity index is 648. The second-order valence-electron chi connectivity index (χ2n) is 6.09. The molecule has 0 aliphatic heterocycles. The topological polar surface area (TPSA) is 59.8 Å². The Morgan fingerprint density at radius 2 is 2.21 bits per heavy atom. The van der Waals surface area contributed by atoms with Gasteiger partial charge in [0.05, 0.1) is 5.75 Å². The first kappa shape index (κ1) is 17.5. The van der Waals surface area contributed by atoms with Crippen molar-refractivity contribution in [1.29, 1.82) is 0 Å². The zero-order valence-corrected chi connectivity index (χ0v) is 15.7. The van der Waals surface area contributed by atoms with Crippen LogP contribution in [0.4, 0.5) is 0 Å². The van der Waals surface area contributed by atoms with Crippen molar-refractivity contribution in [3.05, 3.63) is 28.2 Å². The summed E-state index contributed by atoms with van der Waals surface area (Å²) in [6.45, 7) is 2.91. The highest BCUT2D eigenvalue weighted by molar-refractivity contribution is 7.99. The number of thioether (sulfide) groups is 1. The quantitative estimate of drug-likeness (QED) is 0.764. The smallest absolute Gasteiger partial charge is 0.230 e. The Kier molecular flexibility index (Phi) is 6.31. The van der Waals surface area contributed by atoms with E-state index in [1.54, 1.807) is 11.3 Å². The molecule has 1 N–H and O–H groups in total. The van der Waals surface area contributed by atoms with Gasteiger partial charge in [-0.05, 0) is 31.2 Å². The third-order valence-electron chi connectivity index (χ3n) is 4.32. The molecular formula is C17H24N4OS2. The predicted molar refractivity (Wildman–Crippen MR) is 98.6 cm³/mol. The monoisotopic (exact) mass is 364 g/mol. The first-order chi connectivity index (χ1) is 11.8. The number of carbonyl (C=O) groups is 1. The van der Waals surface area contributed by atoms with E-state index in [0.717, 1.165) is 36.8 Å². The Hall–Kier alpha value is -1.34. The third-order valence-corrected chi connectivity index (χ3v) is 6.17. The first-order valence-corrected chi connectivity index (χ1v) is 10.5. The van der Waals surface area contributed by atoms with Crippen LogP contribution in [-0.4, -0.2) is 32.5 Å². The van der Waals surface area contributed by atoms with Crippen molar-refractivity contribution in [3.8, 4) is 0 Å². The third kappa shape index (κ3) is 4.60. The molecule has 0 atom stereocenters. The Morgan fingerprint density at radius 1 is 1.38 bits per heavy atom. The number of hydrogen-bond acceptors (Lipinski definition) is 5. The number of nitrogens with zero attached hydrogens (tertiary/aromatic N) is 3. The Labute approximate surface area is 151 Å². The van der Waals surface area contributed by atoms with Crippen molar-refractivity contribution >= 4 is 29.0 Å². The van der Waals surface area contributed by atoms with E-state index >= 15 is 0 Å². The maximum Gasteiger partial charge on any atom is 0.230 e. The molecule has 2 aromatic heterocycles. The van der Waals surface area contributed by atoms with Crippen LogP contribution in [0.5, 0.6) is 0 Å². The molecule has 0 bridgehead atoms. The van der Waals surface area contributed by atoms with Crippen LogP contribution in [0.25, 0.3) is 0 Å². The van der Waals surface area contributed by atoms with Crippen LogP contribution < -0.4 is 5.32 Å². The fraction of sp³-hybridized carbons (Fsp3) is 0.588. The van der Waals surface area contributed by atoms with Crippen LogP contribution in [0.1, 0.15) is 49.7 Å². The molecule has 1 aliphatic carbocycles. The lowest BCUT2D eigenvalue weighted by molar-refractivity contribution is -0.119. The molecule has 2 heterocycles. The number of nitrogens with one attached hydrogen (secondary N) is 1. The normalized spacial score (nSPS) is 15.5. The summed E-state index contributed by atoms with van der Waals surface area (Å²) in [4.78, 5) is 13.4. The molecule has 0 unspecified atom stereocenters. The van der Waals surface area contributed by atoms with Crippen LogP contribution in [-0.2, 0) is 17.8 Å². The summed E-state index contributed by atoms with van der Waals surface area (Å²) < 4.78 is 2.11. The van der Waals surface area contributed by atoms with Crippen LogP contribution in [0.2, 0.25) is 0 Å². The van der Waals surface area contributed by atoms with Gasteiger partial charge in [-0.3, -0.25) is 4.79 Å². The summed E-state index contributed by atoms with van der Waals surface area (Å²) in [5.41, 5.74) is 0. The van der Waals surface area contributed by atoms with E-state index in [1.165, 1.54) is 35.9 Å². The van der Waals surface area contributed by atoms with Crippen molar-refractivity contribution in [1.82, 2.24) is 20.1 Å². The lowest BCUT2D eigenvalue weighted by Gasteiger charge is -2.22. The van der Waals surface area contributed by atoms with E-state index in [9.17, 15) is 4.79 Å². The maximum absolute atomic E-state index is 12.2. The Morgan fingerprint density at radius 3 is 2.92 bits per heavy atom. The number of thiophene rings is 1. The van der Waals surface area contributed by atoms with Gasteiger partial charge < -0.3 is 9.88 Å². The van der Waals surface area contributed by atoms with Gasteiger partial charge in [0.1, 0.15) is 5.82 Å². The molecule has 3 rings (SSSR count). The molecule has 0 spiro atoms. The van der Waals surface area contributed by atoms with Gasteiger partial charge in [0.25, 0.3) is 0 Å². The SMILES string of the molecule is CCn1c(Cc2cccs2)nnc1SCC(=O)NC1CCCCC1. The molecule has 130 valence electrons. The van der Waals surface area contributed by atoms with E-state index in [0.29, 0.717) is 11.8 Å². The number of aromatic nitrogens is 3. The number of rotatable bonds is 7. The zero-order valence-electron chi connectivity index (χ0n) is 14.0. The molecular weight excluding hydrogens is 340 g/mol. The number of amides is 1. The van der Waals surface area contributed by atoms with Crippen molar-refractivity contribution in [2.45, 2.75) is 63.2 Å². The molecule has 0 aromatic carbocycles. The van der Waals surface area contributed by atoms with E-state index in [-0.39, 0.29) is 5.91 Å². The van der Waals surface area contributed by atoms with Crippen molar-refractivity contribution in [2.24, 2.45) is 0 Å². The minimum absolute atomic E-state index is 0.109. The highest BCUT2D eigenvalue weighted by atomic mass is 32.2. The summed E-state index contributed by atoms with van der Waals surface area (Å²) in [5.74, 6) is 1.49. The molecule has 24 heavy (non-hydrogen) atoms. The fourth-order valence-electron chi connectivity index (χ4n) is 3.09. The van der Waals surface area contributed by atoms with Crippen LogP contribution in [0.3, 0.4) is 0 Å². The van der Waals surface area contributed by atoms with Gasteiger partial charge in [0, 0.05) is 23.9 Å². The van der Waals surface area contributed by atoms with Crippen LogP contribution in [0.15, 0.2) is 22.7 Å². The standard InChI is InChI=1S/C17H24N4OS2/c1-2-21-15(11-14-9-6-10-23-14)19-20-17(21)24-12-16(22)18-13-7-4-3-5-8-13/h6,9-10,13H,2-5,7-8,11-12H2,1H3,(H,18,22). The number of hydrogen-bond donors (Lipinski definition) is 1. The van der Waals surface area contributed by atoms with Crippen molar-refractivity contribution in [3.63, 3.8) is 0 Å². The molecule has 1 saturated carbocycles. The summed E-state index contributed by atoms with van der Waals surface area (Å²) in [6.07, 6.45) is 6.79. The van der Waals surface area contributed by atoms with E-state index in [2.05, 4.69) is 44.5 Å². The predicted octanol–water partition coefficient (Wildman–Crippen LogP) is 3.49. The lowest BCUT2D eigenvalue weighted by Crippen LogP contribution is -2.37. The van der Waals surface area contributed by atoms with Gasteiger partial charge >= 0.3 is 0 Å². The molecule has 2 aromatic rings. The molecule has 1 aliphatic rings. The summed E-state index contributed by atoms with van der Waals surface area (Å²) >= 11 is 3.21. The molecule has 1 amide bonds. The van der Waals surface area contributed by atoms with Gasteiger partial charge in [-0.1, -0.05) is 37.1 Å². The fourth-order valence-corrected chi connectivity index (χ4v) is 4.62. The second kappa shape index (κ2) is 8.67. The van der Waals surface area contributed by atoms with Crippen LogP contribution in [0, 0.1) is 0 Å². The zero-order chi connectivity index (χ0) is 16.8. The Balaban J connectivity index is 1.54. The minimum Gasteiger partial charge on any atom is -0.353 e. The summed E-state index contributed by atoms with van der Waals surface area (Å²) in [7, 11) is 0. The van der Waals surface area contributed by atoms with Gasteiger partial charge in [0.15, 0.2) is 5.16 Å². The van der Waals surface area contributed by atoms with Gasteiger partial charge in [-0.15, -0.1) is 21.5 Å². The lowest BCUT2D eigenvalue weighted by atomic mass is 9.95. The first-order valence-electron chi connectivity index (χ1n) is 8.63. The highest BCUT2D eigenvalue weighted by Gasteiger charge is 2.17. The number of carbonyl (C=O) groups excluding carboxylic acids is 1. The largest absolute Gasteiger partial charge is 0.353 e. The van der Waals surface area contributed by atoms with Crippen molar-refractivity contribution in [2.75, 3.05) is 5.75 Å². The van der Waals surface area contributed by atoms with E-state index < -0.39 is 0 Å². The van der Waals surface area contributed by atoms with Gasteiger partial charge in [-0.2, -0.15) is 0 Å². The maximum atomic E-state index is 12.2. The van der Waals surface area contributed by atoms with E-state index in [4.69, 9.17) is 0 Å². The summed E-state index contributed by atoms with van der Waals surface area (Å²) in [5, 5.41) is 14.7. The van der Waals surface area contributed by atoms with Gasteiger partial charge in [0.2, 0.25) is 5.91 Å². The highest BCUT2D eigenvalue weighted by Crippen LogP contribution is 2.21. The summed E-state index contributed by atoms with van der Waals surface area (Å²) in [6, 6.07) is 4.53. The molecule has 1 fully saturated rings. The van der Waals surface area contributed by atoms with Gasteiger partial charge in [-0.25, -0.2) is 0 Å². The molecule has 0 radical (unpaired) electrons. The average molecular weight is 365 g/mol. The average Bonchev–Trinajstić information content (AvgIpc) is 3.24. The molecule has 0 saturated heterocycles. The molecule has 5 nitrogen and oxygen atoms in total. The minimum atomic E-state index is 0.109. The second-order valence-corrected chi connectivity index (χ2v) is 8.07. The van der Waals surface area contributed by atoms with Crippen molar-refractivity contribution < 1.29 is 4.79 Å². The molecule has 7 heteroatoms. The van der Waals surface area contributed by atoms with Crippen LogP contribution >= 0.6 is 23.1 Å². The van der Waals surface area contributed by atoms with E-state index in [1.807, 2.05) is 0 Å².